The van der Waals surface area contributed by atoms with E-state index in [2.05, 4.69) is 29.0 Å². The number of aliphatic carboxylic acids is 2. The van der Waals surface area contributed by atoms with E-state index < -0.39 is 18.4 Å². The van der Waals surface area contributed by atoms with E-state index in [1.807, 2.05) is 35.2 Å². The van der Waals surface area contributed by atoms with Crippen LogP contribution in [0, 0.1) is 0 Å². The van der Waals surface area contributed by atoms with E-state index in [0.29, 0.717) is 56.4 Å². The average molecular weight is 667 g/mol. The predicted molar refractivity (Wildman–Crippen MR) is 176 cm³/mol. The van der Waals surface area contributed by atoms with Crippen LogP contribution < -0.4 is 10.2 Å². The van der Waals surface area contributed by atoms with E-state index in [4.69, 9.17) is 26.6 Å². The summed E-state index contributed by atoms with van der Waals surface area (Å²) in [5.74, 6) is -2.44. The van der Waals surface area contributed by atoms with Gasteiger partial charge in [0.25, 0.3) is 0 Å². The molecule has 1 amide bonds. The molecule has 0 aliphatic rings. The minimum atomic E-state index is -1.31. The number of phenolic OH excluding ortho intramolecular Hbond substituents is 1. The van der Waals surface area contributed by atoms with Gasteiger partial charge in [-0.25, -0.2) is 0 Å². The second-order valence-corrected chi connectivity index (χ2v) is 11.5. The molecule has 3 rings (SSSR count). The Labute approximate surface area is 271 Å². The molecule has 0 unspecified atom stereocenters. The number of ether oxygens (including phenoxy) is 1. The Hall–Kier alpha value is -3.49. The number of amides is 1. The molecule has 3 aromatic rings. The lowest BCUT2D eigenvalue weighted by Gasteiger charge is -2.27. The van der Waals surface area contributed by atoms with E-state index in [-0.39, 0.29) is 16.5 Å². The fraction of sp³-hybridized carbons (Fsp3) is 0.484. The number of thiazole rings is 1. The highest BCUT2D eigenvalue weighted by Gasteiger charge is 2.15. The minimum absolute atomic E-state index is 0.0888. The summed E-state index contributed by atoms with van der Waals surface area (Å²) in [6.07, 6.45) is 1.03. The van der Waals surface area contributed by atoms with Crippen LogP contribution in [-0.2, 0) is 32.0 Å². The Bertz CT molecular complexity index is 1410. The van der Waals surface area contributed by atoms with Crippen molar-refractivity contribution in [2.24, 2.45) is 0 Å². The van der Waals surface area contributed by atoms with Crippen LogP contribution >= 0.6 is 22.9 Å². The molecule has 12 nitrogen and oxygen atoms in total. The van der Waals surface area contributed by atoms with Crippen molar-refractivity contribution in [3.63, 3.8) is 0 Å². The molecule has 5 N–H and O–H groups in total. The van der Waals surface area contributed by atoms with E-state index in [9.17, 15) is 24.3 Å². The van der Waals surface area contributed by atoms with E-state index in [1.54, 1.807) is 6.07 Å². The van der Waals surface area contributed by atoms with Gasteiger partial charge in [0.2, 0.25) is 5.91 Å². The number of benzene rings is 2. The Morgan fingerprint density at radius 3 is 2.36 bits per heavy atom. The van der Waals surface area contributed by atoms with Crippen molar-refractivity contribution < 1.29 is 34.4 Å². The molecule has 14 heteroatoms. The zero-order chi connectivity index (χ0) is 33.2. The number of nitrogens with one attached hydrogen (secondary N) is 2. The third-order valence-electron chi connectivity index (χ3n) is 6.89. The largest absolute Gasteiger partial charge is 0.506 e. The minimum Gasteiger partial charge on any atom is -0.506 e. The molecule has 0 aliphatic heterocycles. The van der Waals surface area contributed by atoms with Crippen molar-refractivity contribution in [1.29, 1.82) is 0 Å². The molecule has 0 bridgehead atoms. The normalized spacial score (nSPS) is 10.9. The van der Waals surface area contributed by atoms with Crippen LogP contribution in [0.5, 0.6) is 5.75 Å². The quantitative estimate of drug-likeness (QED) is 0.0942. The lowest BCUT2D eigenvalue weighted by Crippen LogP contribution is -2.42. The molecule has 0 atom stereocenters. The van der Waals surface area contributed by atoms with E-state index >= 15 is 0 Å². The van der Waals surface area contributed by atoms with Crippen molar-refractivity contribution in [2.45, 2.75) is 39.5 Å². The molecular formula is C31H43ClN4O8S. The zero-order valence-electron chi connectivity index (χ0n) is 25.7. The van der Waals surface area contributed by atoms with Crippen LogP contribution in [0.4, 0.5) is 0 Å². The van der Waals surface area contributed by atoms with Gasteiger partial charge in [0, 0.05) is 31.2 Å². The molecule has 0 fully saturated rings. The fourth-order valence-corrected chi connectivity index (χ4v) is 5.54. The van der Waals surface area contributed by atoms with Crippen LogP contribution in [0.15, 0.2) is 41.2 Å². The molecule has 45 heavy (non-hydrogen) atoms. The van der Waals surface area contributed by atoms with Crippen LogP contribution in [0.1, 0.15) is 37.8 Å². The van der Waals surface area contributed by atoms with Gasteiger partial charge in [0.15, 0.2) is 0 Å². The lowest BCUT2D eigenvalue weighted by atomic mass is 10.1. The molecule has 248 valence electrons. The number of halogens is 1. The molecule has 0 aliphatic carbocycles. The highest BCUT2D eigenvalue weighted by Crippen LogP contribution is 2.27. The molecule has 0 radical (unpaired) electrons. The number of rotatable bonds is 19. The van der Waals surface area contributed by atoms with Gasteiger partial charge in [0.05, 0.1) is 24.3 Å². The number of likely N-dealkylation sites (N-methyl/N-ethyl adjacent to an activating group) is 1. The van der Waals surface area contributed by atoms with Crippen molar-refractivity contribution in [2.75, 3.05) is 59.0 Å². The summed E-state index contributed by atoms with van der Waals surface area (Å²) in [6, 6.07) is 11.2. The Kier molecular flexibility index (Phi) is 17.2. The second-order valence-electron chi connectivity index (χ2n) is 10.1. The maximum absolute atomic E-state index is 13.0. The number of fused-ring (bicyclic) bond motifs is 1. The van der Waals surface area contributed by atoms with Crippen LogP contribution in [0.3, 0.4) is 0 Å². The standard InChI is InChI=1S/C28H39ClN4O4S.C3H4O4/c1-3-32(4-2)16-17-33(25(35)12-19-37-18-11-21-6-5-7-23(29)20-21)15-14-30-13-10-22-8-9-24(34)26-27(22)38-28(36)31-26;4-2(5)1-3(6)7/h5-9,20,30,34H,3-4,10-19H2,1-2H3,(H,31,36);1H2,(H,4,5)(H,6,7). The summed E-state index contributed by atoms with van der Waals surface area (Å²) in [6.45, 7) is 10.6. The van der Waals surface area contributed by atoms with Gasteiger partial charge < -0.3 is 40.2 Å². The first-order valence-corrected chi connectivity index (χ1v) is 16.0. The fourth-order valence-electron chi connectivity index (χ4n) is 4.43. The van der Waals surface area contributed by atoms with Gasteiger partial charge in [-0.05, 0) is 61.8 Å². The Morgan fingerprint density at radius 1 is 0.978 bits per heavy atom. The maximum Gasteiger partial charge on any atom is 0.314 e. The number of carbonyl (C=O) groups excluding carboxylic acids is 1. The first-order chi connectivity index (χ1) is 21.5. The number of aromatic hydroxyl groups is 1. The summed E-state index contributed by atoms with van der Waals surface area (Å²) in [5.41, 5.74) is 2.63. The maximum atomic E-state index is 13.0. The van der Waals surface area contributed by atoms with Gasteiger partial charge in [0.1, 0.15) is 17.7 Å². The number of phenols is 1. The molecule has 1 heterocycles. The first kappa shape index (κ1) is 37.7. The molecular weight excluding hydrogens is 624 g/mol. The first-order valence-electron chi connectivity index (χ1n) is 14.8. The Balaban J connectivity index is 0.000000900. The number of nitrogens with zero attached hydrogens (tertiary/aromatic N) is 2. The summed E-state index contributed by atoms with van der Waals surface area (Å²) >= 11 is 7.15. The van der Waals surface area contributed by atoms with E-state index in [1.165, 1.54) is 0 Å². The molecule has 0 saturated carbocycles. The zero-order valence-corrected chi connectivity index (χ0v) is 27.3. The van der Waals surface area contributed by atoms with Gasteiger partial charge in [-0.15, -0.1) is 0 Å². The third kappa shape index (κ3) is 14.4. The highest BCUT2D eigenvalue weighted by molar-refractivity contribution is 7.16. The monoisotopic (exact) mass is 666 g/mol. The summed E-state index contributed by atoms with van der Waals surface area (Å²) in [7, 11) is 0. The number of aromatic amines is 1. The third-order valence-corrected chi connectivity index (χ3v) is 8.08. The number of hydrogen-bond donors (Lipinski definition) is 5. The number of carboxylic acids is 2. The van der Waals surface area contributed by atoms with Gasteiger partial charge in [-0.3, -0.25) is 19.2 Å². The smallest absolute Gasteiger partial charge is 0.314 e. The van der Waals surface area contributed by atoms with E-state index in [0.717, 1.165) is 59.6 Å². The molecule has 0 saturated heterocycles. The van der Waals surface area contributed by atoms with Crippen molar-refractivity contribution in [3.8, 4) is 5.75 Å². The van der Waals surface area contributed by atoms with Crippen LogP contribution in [0.25, 0.3) is 10.2 Å². The number of aromatic nitrogens is 1. The SMILES string of the molecule is CCN(CC)CCN(CCNCCc1ccc(O)c2[nH]c(=O)sc12)C(=O)CCOCCc1cccc(Cl)c1.O=C(O)CC(=O)O. The van der Waals surface area contributed by atoms with Gasteiger partial charge in [-0.1, -0.05) is 55.0 Å². The van der Waals surface area contributed by atoms with Crippen molar-refractivity contribution in [1.82, 2.24) is 20.1 Å². The number of hydrogen-bond acceptors (Lipinski definition) is 9. The van der Waals surface area contributed by atoms with Gasteiger partial charge in [-0.2, -0.15) is 0 Å². The summed E-state index contributed by atoms with van der Waals surface area (Å²) in [4.78, 5) is 50.3. The lowest BCUT2D eigenvalue weighted by molar-refractivity contribution is -0.147. The van der Waals surface area contributed by atoms with Crippen molar-refractivity contribution >= 4 is 51.0 Å². The number of H-pyrrole nitrogens is 1. The molecule has 1 aromatic heterocycles. The molecule has 0 spiro atoms. The Morgan fingerprint density at radius 2 is 1.71 bits per heavy atom. The number of carbonyl (C=O) groups is 3. The van der Waals surface area contributed by atoms with Crippen LogP contribution in [-0.4, -0.2) is 107 Å². The highest BCUT2D eigenvalue weighted by atomic mass is 35.5. The van der Waals surface area contributed by atoms with Crippen molar-refractivity contribution in [3.05, 3.63) is 62.2 Å². The summed E-state index contributed by atoms with van der Waals surface area (Å²) < 4.78 is 6.54. The average Bonchev–Trinajstić information content (AvgIpc) is 3.39. The van der Waals surface area contributed by atoms with Crippen LogP contribution in [0.2, 0.25) is 5.02 Å². The van der Waals surface area contributed by atoms with Gasteiger partial charge >= 0.3 is 16.8 Å². The summed E-state index contributed by atoms with van der Waals surface area (Å²) in [5, 5.41) is 29.5. The predicted octanol–water partition coefficient (Wildman–Crippen LogP) is 3.45. The second kappa shape index (κ2) is 20.5. The number of carboxylic acid groups (broad SMARTS) is 2. The molecule has 2 aromatic carbocycles. The topological polar surface area (TPSA) is 172 Å².